The largest absolute Gasteiger partial charge is 0.494 e. The third kappa shape index (κ3) is 5.79. The van der Waals surface area contributed by atoms with Crippen LogP contribution in [0.15, 0.2) is 59.5 Å². The minimum absolute atomic E-state index is 0.176. The van der Waals surface area contributed by atoms with Crippen molar-refractivity contribution < 1.29 is 13.2 Å². The van der Waals surface area contributed by atoms with Gasteiger partial charge in [0.15, 0.2) is 9.84 Å². The van der Waals surface area contributed by atoms with Crippen molar-refractivity contribution in [3.8, 4) is 5.75 Å². The Balaban J connectivity index is 1.43. The van der Waals surface area contributed by atoms with Gasteiger partial charge in [-0.25, -0.2) is 8.42 Å². The van der Waals surface area contributed by atoms with E-state index < -0.39 is 9.84 Å². The summed E-state index contributed by atoms with van der Waals surface area (Å²) in [5.74, 6) is 1.08. The van der Waals surface area contributed by atoms with Crippen LogP contribution < -0.4 is 4.74 Å². The minimum Gasteiger partial charge on any atom is -0.494 e. The Hall–Kier alpha value is -1.89. The Labute approximate surface area is 162 Å². The molecule has 0 N–H and O–H groups in total. The minimum atomic E-state index is -3.20. The molecule has 0 aliphatic carbocycles. The smallest absolute Gasteiger partial charge is 0.179 e. The summed E-state index contributed by atoms with van der Waals surface area (Å²) in [5.41, 5.74) is 1.28. The summed E-state index contributed by atoms with van der Waals surface area (Å²) in [6, 6.07) is 17.0. The third-order valence-electron chi connectivity index (χ3n) is 4.88. The molecule has 1 aliphatic rings. The van der Waals surface area contributed by atoms with Crippen LogP contribution in [-0.2, 0) is 16.4 Å². The van der Waals surface area contributed by atoms with Crippen LogP contribution >= 0.6 is 0 Å². The number of nitrogens with zero attached hydrogens (tertiary/aromatic N) is 2. The number of sulfone groups is 1. The van der Waals surface area contributed by atoms with Gasteiger partial charge in [-0.1, -0.05) is 30.3 Å². The van der Waals surface area contributed by atoms with Crippen LogP contribution in [0.2, 0.25) is 0 Å². The molecule has 1 heterocycles. The predicted molar refractivity (Wildman–Crippen MR) is 108 cm³/mol. The van der Waals surface area contributed by atoms with Gasteiger partial charge in [0.2, 0.25) is 0 Å². The van der Waals surface area contributed by atoms with E-state index in [1.54, 1.807) is 24.3 Å². The summed E-state index contributed by atoms with van der Waals surface area (Å²) in [7, 11) is -3.20. The van der Waals surface area contributed by atoms with E-state index in [0.29, 0.717) is 18.0 Å². The van der Waals surface area contributed by atoms with Crippen molar-refractivity contribution in [2.24, 2.45) is 0 Å². The van der Waals surface area contributed by atoms with Gasteiger partial charge >= 0.3 is 0 Å². The molecule has 0 bridgehead atoms. The Kier molecular flexibility index (Phi) is 6.88. The fourth-order valence-electron chi connectivity index (χ4n) is 3.28. The van der Waals surface area contributed by atoms with Gasteiger partial charge < -0.3 is 4.74 Å². The lowest BCUT2D eigenvalue weighted by Gasteiger charge is -2.34. The molecular weight excluding hydrogens is 360 g/mol. The molecule has 1 saturated heterocycles. The lowest BCUT2D eigenvalue weighted by Crippen LogP contribution is -2.47. The molecule has 146 valence electrons. The molecule has 2 aromatic rings. The lowest BCUT2D eigenvalue weighted by molar-refractivity contribution is 0.132. The molecule has 0 unspecified atom stereocenters. The van der Waals surface area contributed by atoms with Crippen molar-refractivity contribution in [1.29, 1.82) is 0 Å². The van der Waals surface area contributed by atoms with Gasteiger partial charge in [-0.3, -0.25) is 9.80 Å². The van der Waals surface area contributed by atoms with E-state index in [1.807, 2.05) is 25.1 Å². The molecule has 2 aromatic carbocycles. The average Bonchev–Trinajstić information content (AvgIpc) is 2.70. The topological polar surface area (TPSA) is 49.9 Å². The first-order chi connectivity index (χ1) is 13.1. The van der Waals surface area contributed by atoms with E-state index in [4.69, 9.17) is 4.74 Å². The van der Waals surface area contributed by atoms with E-state index in [-0.39, 0.29) is 5.75 Å². The van der Waals surface area contributed by atoms with Crippen LogP contribution in [0.25, 0.3) is 0 Å². The number of ether oxygens (including phenoxy) is 1. The van der Waals surface area contributed by atoms with Crippen molar-refractivity contribution >= 4 is 9.84 Å². The standard InChI is InChI=1S/C21H28N2O3S/c1-2-26-20-10-8-19(9-11-20)18-23-14-12-22(13-15-23)16-17-27(24,25)21-6-4-3-5-7-21/h3-11H,2,12-18H2,1H3. The number of piperazine rings is 1. The summed E-state index contributed by atoms with van der Waals surface area (Å²) in [5, 5.41) is 0. The van der Waals surface area contributed by atoms with Gasteiger partial charge in [-0.15, -0.1) is 0 Å². The highest BCUT2D eigenvalue weighted by Gasteiger charge is 2.20. The maximum absolute atomic E-state index is 12.4. The molecule has 3 rings (SSSR count). The fourth-order valence-corrected chi connectivity index (χ4v) is 4.59. The average molecular weight is 389 g/mol. The molecule has 0 spiro atoms. The van der Waals surface area contributed by atoms with Gasteiger partial charge in [0.1, 0.15) is 5.75 Å². The van der Waals surface area contributed by atoms with E-state index >= 15 is 0 Å². The van der Waals surface area contributed by atoms with Crippen LogP contribution in [0.3, 0.4) is 0 Å². The zero-order valence-corrected chi connectivity index (χ0v) is 16.7. The van der Waals surface area contributed by atoms with Gasteiger partial charge in [-0.2, -0.15) is 0 Å². The van der Waals surface area contributed by atoms with E-state index in [1.165, 1.54) is 5.56 Å². The first-order valence-electron chi connectivity index (χ1n) is 9.51. The molecule has 5 nitrogen and oxygen atoms in total. The highest BCUT2D eigenvalue weighted by Crippen LogP contribution is 2.15. The first kappa shape index (κ1) is 19.9. The summed E-state index contributed by atoms with van der Waals surface area (Å²) in [6.07, 6.45) is 0. The Morgan fingerprint density at radius 3 is 2.15 bits per heavy atom. The number of hydrogen-bond donors (Lipinski definition) is 0. The molecule has 0 radical (unpaired) electrons. The fraction of sp³-hybridized carbons (Fsp3) is 0.429. The second-order valence-electron chi connectivity index (χ2n) is 6.83. The van der Waals surface area contributed by atoms with E-state index in [9.17, 15) is 8.42 Å². The van der Waals surface area contributed by atoms with Gasteiger partial charge in [0, 0.05) is 39.3 Å². The van der Waals surface area contributed by atoms with Crippen LogP contribution in [0.4, 0.5) is 0 Å². The quantitative estimate of drug-likeness (QED) is 0.696. The van der Waals surface area contributed by atoms with Gasteiger partial charge in [0.05, 0.1) is 17.3 Å². The number of rotatable bonds is 8. The normalized spacial score (nSPS) is 16.3. The SMILES string of the molecule is CCOc1ccc(CN2CCN(CCS(=O)(=O)c3ccccc3)CC2)cc1. The molecule has 0 amide bonds. The molecule has 0 atom stereocenters. The maximum Gasteiger partial charge on any atom is 0.179 e. The number of hydrogen-bond acceptors (Lipinski definition) is 5. The summed E-state index contributed by atoms with van der Waals surface area (Å²) in [4.78, 5) is 5.08. The van der Waals surface area contributed by atoms with Crippen molar-refractivity contribution in [2.75, 3.05) is 45.1 Å². The molecule has 27 heavy (non-hydrogen) atoms. The van der Waals surface area contributed by atoms with Gasteiger partial charge in [0.25, 0.3) is 0 Å². The van der Waals surface area contributed by atoms with Crippen molar-refractivity contribution in [2.45, 2.75) is 18.4 Å². The van der Waals surface area contributed by atoms with Gasteiger partial charge in [-0.05, 0) is 36.8 Å². The van der Waals surface area contributed by atoms with E-state index in [0.717, 1.165) is 38.5 Å². The van der Waals surface area contributed by atoms with Crippen LogP contribution in [0, 0.1) is 0 Å². The second-order valence-corrected chi connectivity index (χ2v) is 8.94. The molecular formula is C21H28N2O3S. The zero-order valence-electron chi connectivity index (χ0n) is 15.9. The first-order valence-corrected chi connectivity index (χ1v) is 11.2. The molecule has 0 aromatic heterocycles. The van der Waals surface area contributed by atoms with Crippen molar-refractivity contribution in [3.05, 3.63) is 60.2 Å². The zero-order chi connectivity index (χ0) is 19.1. The summed E-state index contributed by atoms with van der Waals surface area (Å²) < 4.78 is 30.3. The third-order valence-corrected chi connectivity index (χ3v) is 6.59. The molecule has 6 heteroatoms. The maximum atomic E-state index is 12.4. The van der Waals surface area contributed by atoms with Crippen molar-refractivity contribution in [3.63, 3.8) is 0 Å². The predicted octanol–water partition coefficient (Wildman–Crippen LogP) is 2.68. The van der Waals surface area contributed by atoms with Crippen molar-refractivity contribution in [1.82, 2.24) is 9.80 Å². The van der Waals surface area contributed by atoms with Crippen LogP contribution in [0.1, 0.15) is 12.5 Å². The number of benzene rings is 2. The van der Waals surface area contributed by atoms with E-state index in [2.05, 4.69) is 21.9 Å². The monoisotopic (exact) mass is 388 g/mol. The second kappa shape index (κ2) is 9.35. The Morgan fingerprint density at radius 2 is 1.52 bits per heavy atom. The molecule has 1 aliphatic heterocycles. The molecule has 1 fully saturated rings. The summed E-state index contributed by atoms with van der Waals surface area (Å²) in [6.45, 7) is 7.90. The lowest BCUT2D eigenvalue weighted by atomic mass is 10.2. The highest BCUT2D eigenvalue weighted by atomic mass is 32.2. The summed E-state index contributed by atoms with van der Waals surface area (Å²) >= 11 is 0. The Bertz CT molecular complexity index is 799. The highest BCUT2D eigenvalue weighted by molar-refractivity contribution is 7.91. The van der Waals surface area contributed by atoms with Crippen LogP contribution in [-0.4, -0.2) is 63.3 Å². The Morgan fingerprint density at radius 1 is 0.889 bits per heavy atom. The molecule has 0 saturated carbocycles. The van der Waals surface area contributed by atoms with Crippen LogP contribution in [0.5, 0.6) is 5.75 Å².